The van der Waals surface area contributed by atoms with E-state index < -0.39 is 23.0 Å². The van der Waals surface area contributed by atoms with Crippen molar-refractivity contribution in [1.29, 1.82) is 0 Å². The monoisotopic (exact) mass is 560 g/mol. The summed E-state index contributed by atoms with van der Waals surface area (Å²) in [6.45, 7) is 12.2. The van der Waals surface area contributed by atoms with Crippen LogP contribution in [0.4, 0.5) is 20.4 Å². The Morgan fingerprint density at radius 2 is 1.85 bits per heavy atom. The molecule has 0 aliphatic carbocycles. The number of nitrogens with zero attached hydrogens (tertiary/aromatic N) is 7. The smallest absolute Gasteiger partial charge is 0.355 e. The zero-order chi connectivity index (χ0) is 29.6. The van der Waals surface area contributed by atoms with Gasteiger partial charge in [0.25, 0.3) is 0 Å². The molecule has 1 saturated heterocycles. The Labute approximate surface area is 235 Å². The minimum absolute atomic E-state index is 0.0125. The standard InChI is InChI=1S/C29H30F2N8O2/c1-6-22(40)37-11-12-38(17(5)14-37)27-18-13-20(31)25(24-19(30)7-8-21(32)34-24)35-28(18)39(29(41)36-27)26-16(4)9-10-33-23(26)15(2)3/h6-10,13,15,17H,1,11-12,14H2,2-5H3,(H2,32,34). The van der Waals surface area contributed by atoms with Gasteiger partial charge in [-0.05, 0) is 55.7 Å². The molecule has 212 valence electrons. The zero-order valence-corrected chi connectivity index (χ0v) is 23.2. The van der Waals surface area contributed by atoms with Crippen molar-refractivity contribution in [1.82, 2.24) is 29.4 Å². The third-order valence-electron chi connectivity index (χ3n) is 7.20. The zero-order valence-electron chi connectivity index (χ0n) is 23.2. The first kappa shape index (κ1) is 27.8. The van der Waals surface area contributed by atoms with Gasteiger partial charge in [-0.25, -0.2) is 28.1 Å². The van der Waals surface area contributed by atoms with Crippen molar-refractivity contribution in [2.24, 2.45) is 0 Å². The van der Waals surface area contributed by atoms with E-state index in [1.54, 1.807) is 17.2 Å². The third kappa shape index (κ3) is 4.90. The second kappa shape index (κ2) is 10.7. The van der Waals surface area contributed by atoms with Gasteiger partial charge in [-0.1, -0.05) is 20.4 Å². The number of hydrogen-bond acceptors (Lipinski definition) is 8. The molecule has 41 heavy (non-hydrogen) atoms. The van der Waals surface area contributed by atoms with Crippen molar-refractivity contribution < 1.29 is 13.6 Å². The first-order chi connectivity index (χ1) is 19.5. The van der Waals surface area contributed by atoms with Gasteiger partial charge in [0.1, 0.15) is 23.0 Å². The lowest BCUT2D eigenvalue weighted by molar-refractivity contribution is -0.126. The van der Waals surface area contributed by atoms with E-state index in [9.17, 15) is 14.0 Å². The molecule has 1 unspecified atom stereocenters. The fourth-order valence-electron chi connectivity index (χ4n) is 5.20. The number of aryl methyl sites for hydroxylation is 1. The molecule has 4 aromatic heterocycles. The average Bonchev–Trinajstić information content (AvgIpc) is 2.94. The van der Waals surface area contributed by atoms with E-state index in [4.69, 9.17) is 5.73 Å². The van der Waals surface area contributed by atoms with Crippen molar-refractivity contribution in [2.75, 3.05) is 30.3 Å². The molecule has 0 bridgehead atoms. The van der Waals surface area contributed by atoms with Crippen LogP contribution in [0.25, 0.3) is 28.1 Å². The van der Waals surface area contributed by atoms with Crippen molar-refractivity contribution in [3.05, 3.63) is 76.5 Å². The van der Waals surface area contributed by atoms with Gasteiger partial charge < -0.3 is 15.5 Å². The number of anilines is 2. The van der Waals surface area contributed by atoms with E-state index in [2.05, 4.69) is 26.5 Å². The van der Waals surface area contributed by atoms with E-state index in [1.165, 1.54) is 22.8 Å². The summed E-state index contributed by atoms with van der Waals surface area (Å²) in [7, 11) is 0. The van der Waals surface area contributed by atoms with Gasteiger partial charge in [0.05, 0.1) is 16.8 Å². The Bertz CT molecular complexity index is 1750. The number of nitrogen functional groups attached to an aromatic ring is 1. The highest BCUT2D eigenvalue weighted by atomic mass is 19.1. The maximum Gasteiger partial charge on any atom is 0.355 e. The number of carbonyl (C=O) groups excluding carboxylic acids is 1. The van der Waals surface area contributed by atoms with Crippen molar-refractivity contribution in [3.8, 4) is 17.1 Å². The number of fused-ring (bicyclic) bond motifs is 1. The molecule has 1 atom stereocenters. The highest BCUT2D eigenvalue weighted by Crippen LogP contribution is 2.33. The predicted molar refractivity (Wildman–Crippen MR) is 153 cm³/mol. The van der Waals surface area contributed by atoms with E-state index in [-0.39, 0.29) is 46.2 Å². The summed E-state index contributed by atoms with van der Waals surface area (Å²) in [5.74, 6) is -1.75. The normalized spacial score (nSPS) is 15.5. The number of piperazine rings is 1. The van der Waals surface area contributed by atoms with Crippen LogP contribution in [0.5, 0.6) is 0 Å². The number of pyridine rings is 3. The van der Waals surface area contributed by atoms with Gasteiger partial charge >= 0.3 is 5.69 Å². The lowest BCUT2D eigenvalue weighted by Crippen LogP contribution is -2.54. The Morgan fingerprint density at radius 1 is 1.12 bits per heavy atom. The number of hydrogen-bond donors (Lipinski definition) is 1. The summed E-state index contributed by atoms with van der Waals surface area (Å²) < 4.78 is 31.9. The first-order valence-electron chi connectivity index (χ1n) is 13.2. The van der Waals surface area contributed by atoms with E-state index in [0.29, 0.717) is 31.0 Å². The number of nitrogens with two attached hydrogens (primary N) is 1. The summed E-state index contributed by atoms with van der Waals surface area (Å²) >= 11 is 0. The number of halogens is 2. The molecule has 12 heteroatoms. The lowest BCUT2D eigenvalue weighted by Gasteiger charge is -2.40. The summed E-state index contributed by atoms with van der Waals surface area (Å²) in [6, 6.07) is 5.04. The van der Waals surface area contributed by atoms with Crippen LogP contribution in [0.15, 0.2) is 47.9 Å². The molecule has 5 rings (SSSR count). The second-order valence-electron chi connectivity index (χ2n) is 10.4. The largest absolute Gasteiger partial charge is 0.384 e. The fourth-order valence-corrected chi connectivity index (χ4v) is 5.20. The molecule has 2 N–H and O–H groups in total. The number of rotatable bonds is 5. The minimum Gasteiger partial charge on any atom is -0.384 e. The SMILES string of the molecule is C=CC(=O)N1CCN(c2nc(=O)n(-c3c(C)ccnc3C(C)C)c3nc(-c4nc(N)ccc4F)c(F)cc23)C(C)C1. The Balaban J connectivity index is 1.82. The maximum absolute atomic E-state index is 15.8. The highest BCUT2D eigenvalue weighted by Gasteiger charge is 2.31. The van der Waals surface area contributed by atoms with Gasteiger partial charge in [-0.3, -0.25) is 9.78 Å². The van der Waals surface area contributed by atoms with Gasteiger partial charge in [-0.2, -0.15) is 4.98 Å². The maximum atomic E-state index is 15.8. The number of carbonyl (C=O) groups is 1. The average molecular weight is 561 g/mol. The molecule has 0 aromatic carbocycles. The van der Waals surface area contributed by atoms with E-state index >= 15 is 4.39 Å². The van der Waals surface area contributed by atoms with Gasteiger partial charge in [0, 0.05) is 31.9 Å². The van der Waals surface area contributed by atoms with Crippen LogP contribution in [-0.4, -0.2) is 61.0 Å². The molecular formula is C29H30F2N8O2. The van der Waals surface area contributed by atoms with Crippen molar-refractivity contribution in [3.63, 3.8) is 0 Å². The molecule has 1 fully saturated rings. The Kier molecular flexibility index (Phi) is 7.24. The van der Waals surface area contributed by atoms with Crippen molar-refractivity contribution >= 4 is 28.6 Å². The van der Waals surface area contributed by atoms with E-state index in [1.807, 2.05) is 32.6 Å². The third-order valence-corrected chi connectivity index (χ3v) is 7.20. The summed E-state index contributed by atoms with van der Waals surface area (Å²) in [5.41, 5.74) is 6.24. The van der Waals surface area contributed by atoms with Crippen LogP contribution in [0.1, 0.15) is 37.9 Å². The molecule has 0 spiro atoms. The Hall–Kier alpha value is -4.74. The molecule has 1 aliphatic rings. The molecule has 0 saturated carbocycles. The lowest BCUT2D eigenvalue weighted by atomic mass is 10.0. The molecule has 4 aromatic rings. The van der Waals surface area contributed by atoms with Crippen LogP contribution in [-0.2, 0) is 4.79 Å². The summed E-state index contributed by atoms with van der Waals surface area (Å²) in [6.07, 6.45) is 2.91. The molecule has 1 aliphatic heterocycles. The van der Waals surface area contributed by atoms with Crippen molar-refractivity contribution in [2.45, 2.75) is 39.7 Å². The summed E-state index contributed by atoms with van der Waals surface area (Å²) in [5, 5.41) is 0.239. The molecule has 5 heterocycles. The molecule has 1 amide bonds. The molecule has 0 radical (unpaired) electrons. The van der Waals surface area contributed by atoms with Crippen LogP contribution >= 0.6 is 0 Å². The Morgan fingerprint density at radius 3 is 2.54 bits per heavy atom. The van der Waals surface area contributed by atoms with E-state index in [0.717, 1.165) is 11.6 Å². The summed E-state index contributed by atoms with van der Waals surface area (Å²) in [4.78, 5) is 47.0. The molecule has 10 nitrogen and oxygen atoms in total. The first-order valence-corrected chi connectivity index (χ1v) is 13.2. The predicted octanol–water partition coefficient (Wildman–Crippen LogP) is 3.75. The number of aromatic nitrogens is 5. The number of amides is 1. The second-order valence-corrected chi connectivity index (χ2v) is 10.4. The van der Waals surface area contributed by atoms with Crippen LogP contribution < -0.4 is 16.3 Å². The fraction of sp³-hybridized carbons (Fsp3) is 0.310. The quantitative estimate of drug-likeness (QED) is 0.366. The van der Waals surface area contributed by atoms with Crippen LogP contribution in [0, 0.1) is 18.6 Å². The highest BCUT2D eigenvalue weighted by molar-refractivity contribution is 5.91. The van der Waals surface area contributed by atoms with Crippen LogP contribution in [0.2, 0.25) is 0 Å². The topological polar surface area (TPSA) is 123 Å². The van der Waals surface area contributed by atoms with Gasteiger partial charge in [-0.15, -0.1) is 0 Å². The molecular weight excluding hydrogens is 530 g/mol. The van der Waals surface area contributed by atoms with Gasteiger partial charge in [0.15, 0.2) is 17.3 Å². The van der Waals surface area contributed by atoms with Crippen LogP contribution in [0.3, 0.4) is 0 Å². The van der Waals surface area contributed by atoms with Gasteiger partial charge in [0.2, 0.25) is 5.91 Å². The minimum atomic E-state index is -0.858.